The molecule has 0 radical (unpaired) electrons. The zero-order chi connectivity index (χ0) is 23.1. The third kappa shape index (κ3) is 5.50. The molecule has 0 bridgehead atoms. The second-order valence-electron chi connectivity index (χ2n) is 7.51. The molecule has 5 heteroatoms. The minimum atomic E-state index is -0.261. The standard InChI is InChI=1S/C25H24ClNO3.C2H6/c1-17-3-7-20(8-4-17)25-24(19-9-11-21(26)12-10-19)27(23(28)16-30-25)15-18-5-13-22(29-2)14-6-18;1-2/h3-14,24-25H,15-16H2,1-2H3;1-2H3. The van der Waals surface area contributed by atoms with Crippen LogP contribution < -0.4 is 4.74 Å². The van der Waals surface area contributed by atoms with Crippen molar-refractivity contribution >= 4 is 17.5 Å². The molecule has 1 amide bonds. The largest absolute Gasteiger partial charge is 0.497 e. The molecular weight excluding hydrogens is 422 g/mol. The average molecular weight is 452 g/mol. The van der Waals surface area contributed by atoms with Gasteiger partial charge < -0.3 is 14.4 Å². The van der Waals surface area contributed by atoms with E-state index in [2.05, 4.69) is 31.2 Å². The molecule has 1 aliphatic rings. The van der Waals surface area contributed by atoms with Crippen LogP contribution in [0.4, 0.5) is 0 Å². The van der Waals surface area contributed by atoms with Gasteiger partial charge in [0.05, 0.1) is 13.2 Å². The van der Waals surface area contributed by atoms with Crippen molar-refractivity contribution in [2.24, 2.45) is 0 Å². The lowest BCUT2D eigenvalue weighted by Gasteiger charge is -2.41. The molecule has 2 unspecified atom stereocenters. The fraction of sp³-hybridized carbons (Fsp3) is 0.296. The van der Waals surface area contributed by atoms with E-state index in [9.17, 15) is 4.79 Å². The Morgan fingerprint density at radius 2 is 1.53 bits per heavy atom. The predicted molar refractivity (Wildman–Crippen MR) is 129 cm³/mol. The topological polar surface area (TPSA) is 38.8 Å². The highest BCUT2D eigenvalue weighted by atomic mass is 35.5. The molecule has 3 aromatic carbocycles. The Morgan fingerprint density at radius 3 is 2.12 bits per heavy atom. The van der Waals surface area contributed by atoms with Crippen LogP contribution in [0.15, 0.2) is 72.8 Å². The number of nitrogens with zero attached hydrogens (tertiary/aromatic N) is 1. The Balaban J connectivity index is 0.00000141. The molecule has 1 saturated heterocycles. The van der Waals surface area contributed by atoms with Gasteiger partial charge in [-0.2, -0.15) is 0 Å². The molecule has 168 valence electrons. The summed E-state index contributed by atoms with van der Waals surface area (Å²) in [5.41, 5.74) is 4.26. The van der Waals surface area contributed by atoms with Gasteiger partial charge in [0.1, 0.15) is 18.5 Å². The van der Waals surface area contributed by atoms with Gasteiger partial charge >= 0.3 is 0 Å². The van der Waals surface area contributed by atoms with Gasteiger partial charge in [0, 0.05) is 11.6 Å². The van der Waals surface area contributed by atoms with Crippen LogP contribution in [0.2, 0.25) is 5.02 Å². The normalized spacial score (nSPS) is 18.0. The van der Waals surface area contributed by atoms with Crippen LogP contribution >= 0.6 is 11.6 Å². The van der Waals surface area contributed by atoms with Crippen LogP contribution in [-0.2, 0) is 16.1 Å². The highest BCUT2D eigenvalue weighted by Gasteiger charge is 2.38. The molecule has 0 saturated carbocycles. The van der Waals surface area contributed by atoms with E-state index >= 15 is 0 Å². The monoisotopic (exact) mass is 451 g/mol. The van der Waals surface area contributed by atoms with E-state index in [0.29, 0.717) is 11.6 Å². The predicted octanol–water partition coefficient (Wildman–Crippen LogP) is 6.52. The number of carbonyl (C=O) groups is 1. The molecule has 0 aromatic heterocycles. The van der Waals surface area contributed by atoms with E-state index in [4.69, 9.17) is 21.1 Å². The van der Waals surface area contributed by atoms with E-state index in [-0.39, 0.29) is 24.7 Å². The Morgan fingerprint density at radius 1 is 0.938 bits per heavy atom. The van der Waals surface area contributed by atoms with E-state index in [1.54, 1.807) is 7.11 Å². The summed E-state index contributed by atoms with van der Waals surface area (Å²) >= 11 is 6.12. The maximum atomic E-state index is 13.0. The van der Waals surface area contributed by atoms with Gasteiger partial charge in [-0.25, -0.2) is 0 Å². The SMILES string of the molecule is CC.COc1ccc(CN2C(=O)COC(c3ccc(C)cc3)C2c2ccc(Cl)cc2)cc1. The summed E-state index contributed by atoms with van der Waals surface area (Å²) < 4.78 is 11.3. The number of aryl methyl sites for hydroxylation is 1. The molecule has 1 aliphatic heterocycles. The van der Waals surface area contributed by atoms with Crippen LogP contribution in [-0.4, -0.2) is 24.5 Å². The summed E-state index contributed by atoms with van der Waals surface area (Å²) in [4.78, 5) is 14.9. The Hall–Kier alpha value is -2.82. The van der Waals surface area contributed by atoms with Gasteiger partial charge in [-0.3, -0.25) is 4.79 Å². The van der Waals surface area contributed by atoms with Crippen molar-refractivity contribution < 1.29 is 14.3 Å². The van der Waals surface area contributed by atoms with Gasteiger partial charge in [0.25, 0.3) is 0 Å². The van der Waals surface area contributed by atoms with E-state index in [0.717, 1.165) is 22.4 Å². The molecule has 3 aromatic rings. The number of carbonyl (C=O) groups excluding carboxylic acids is 1. The smallest absolute Gasteiger partial charge is 0.249 e. The second-order valence-corrected chi connectivity index (χ2v) is 7.94. The molecule has 0 N–H and O–H groups in total. The van der Waals surface area contributed by atoms with Crippen molar-refractivity contribution in [3.63, 3.8) is 0 Å². The number of rotatable bonds is 5. The Labute approximate surface area is 195 Å². The third-order valence-electron chi connectivity index (χ3n) is 5.46. The lowest BCUT2D eigenvalue weighted by molar-refractivity contribution is -0.159. The summed E-state index contributed by atoms with van der Waals surface area (Å²) in [6.07, 6.45) is -0.261. The molecule has 4 rings (SSSR count). The van der Waals surface area contributed by atoms with Gasteiger partial charge in [-0.05, 0) is 47.9 Å². The summed E-state index contributed by atoms with van der Waals surface area (Å²) in [5.74, 6) is 0.757. The maximum absolute atomic E-state index is 13.0. The number of halogens is 1. The first-order chi connectivity index (χ1) is 15.5. The van der Waals surface area contributed by atoms with Crippen molar-refractivity contribution in [3.05, 3.63) is 100 Å². The number of hydrogen-bond donors (Lipinski definition) is 0. The van der Waals surface area contributed by atoms with E-state index in [1.165, 1.54) is 5.56 Å². The number of hydrogen-bond acceptors (Lipinski definition) is 3. The van der Waals surface area contributed by atoms with Crippen LogP contribution in [0.25, 0.3) is 0 Å². The summed E-state index contributed by atoms with van der Waals surface area (Å²) in [5, 5.41) is 0.662. The first-order valence-corrected chi connectivity index (χ1v) is 11.3. The Bertz CT molecular complexity index is 1000. The zero-order valence-corrected chi connectivity index (χ0v) is 19.8. The van der Waals surface area contributed by atoms with Crippen molar-refractivity contribution in [3.8, 4) is 5.75 Å². The second kappa shape index (κ2) is 11.2. The minimum Gasteiger partial charge on any atom is -0.497 e. The Kier molecular flexibility index (Phi) is 8.32. The fourth-order valence-corrected chi connectivity index (χ4v) is 3.94. The lowest BCUT2D eigenvalue weighted by Crippen LogP contribution is -2.45. The van der Waals surface area contributed by atoms with Crippen LogP contribution in [0, 0.1) is 6.92 Å². The maximum Gasteiger partial charge on any atom is 0.249 e. The third-order valence-corrected chi connectivity index (χ3v) is 5.71. The molecule has 1 fully saturated rings. The number of amides is 1. The summed E-state index contributed by atoms with van der Waals surface area (Å²) in [6, 6.07) is 23.5. The zero-order valence-electron chi connectivity index (χ0n) is 19.0. The molecule has 0 aliphatic carbocycles. The molecule has 0 spiro atoms. The molecular formula is C27H30ClNO3. The highest BCUT2D eigenvalue weighted by molar-refractivity contribution is 6.30. The number of morpholine rings is 1. The number of benzene rings is 3. The number of ether oxygens (including phenoxy) is 2. The average Bonchev–Trinajstić information content (AvgIpc) is 2.83. The van der Waals surface area contributed by atoms with E-state index in [1.807, 2.05) is 67.3 Å². The first-order valence-electron chi connectivity index (χ1n) is 10.9. The molecule has 2 atom stereocenters. The van der Waals surface area contributed by atoms with Gasteiger partial charge in [-0.15, -0.1) is 0 Å². The van der Waals surface area contributed by atoms with Gasteiger partial charge in [-0.1, -0.05) is 79.5 Å². The van der Waals surface area contributed by atoms with Crippen molar-refractivity contribution in [2.45, 2.75) is 39.5 Å². The fourth-order valence-electron chi connectivity index (χ4n) is 3.82. The van der Waals surface area contributed by atoms with Crippen molar-refractivity contribution in [1.82, 2.24) is 4.90 Å². The van der Waals surface area contributed by atoms with Crippen molar-refractivity contribution in [2.75, 3.05) is 13.7 Å². The molecule has 32 heavy (non-hydrogen) atoms. The molecule has 4 nitrogen and oxygen atoms in total. The van der Waals surface area contributed by atoms with E-state index < -0.39 is 0 Å². The van der Waals surface area contributed by atoms with Crippen LogP contribution in [0.5, 0.6) is 5.75 Å². The van der Waals surface area contributed by atoms with Gasteiger partial charge in [0.2, 0.25) is 5.91 Å². The van der Waals surface area contributed by atoms with Crippen LogP contribution in [0.3, 0.4) is 0 Å². The first kappa shape index (κ1) is 23.8. The van der Waals surface area contributed by atoms with Crippen LogP contribution in [0.1, 0.15) is 48.2 Å². The minimum absolute atomic E-state index is 0.0332. The van der Waals surface area contributed by atoms with Gasteiger partial charge in [0.15, 0.2) is 0 Å². The highest BCUT2D eigenvalue weighted by Crippen LogP contribution is 2.41. The quantitative estimate of drug-likeness (QED) is 0.443. The molecule has 1 heterocycles. The summed E-state index contributed by atoms with van der Waals surface area (Å²) in [6.45, 7) is 6.60. The summed E-state index contributed by atoms with van der Waals surface area (Å²) in [7, 11) is 1.64. The number of methoxy groups -OCH3 is 1. The van der Waals surface area contributed by atoms with Crippen molar-refractivity contribution in [1.29, 1.82) is 0 Å². The lowest BCUT2D eigenvalue weighted by atomic mass is 9.92.